The minimum atomic E-state index is -0.775. The fourth-order valence-electron chi connectivity index (χ4n) is 4.55. The van der Waals surface area contributed by atoms with Crippen molar-refractivity contribution in [2.45, 2.75) is 65.1 Å². The van der Waals surface area contributed by atoms with Crippen molar-refractivity contribution >= 4 is 35.1 Å². The molecular formula is C23H33N4O4S+. The standard InChI is InChI=1S/C23H32N4O4S/c1-15-13-27(5)14-16(9-10-18(27)26-15)23(20(24)32)11-7-6-8-17(23)30-19(28)12-25-21(29)31-22(2,3)4/h9-10,13-14,17H,6-8,11-12H2,1-5H3,(H2-,24,25,29,32)/p+1. The quantitative estimate of drug-likeness (QED) is 0.369. The number of likely N-dealkylation sites (N-methyl/N-ethyl adjacent to an activating group) is 1. The van der Waals surface area contributed by atoms with E-state index in [1.807, 2.05) is 26.1 Å². The second-order valence-corrected chi connectivity index (χ2v) is 10.2. The first kappa shape index (κ1) is 24.1. The first-order valence-electron chi connectivity index (χ1n) is 10.9. The number of quaternary nitrogens is 1. The van der Waals surface area contributed by atoms with Crippen LogP contribution >= 0.6 is 12.2 Å². The van der Waals surface area contributed by atoms with E-state index in [0.717, 1.165) is 29.9 Å². The number of esters is 1. The van der Waals surface area contributed by atoms with Crippen molar-refractivity contribution < 1.29 is 23.5 Å². The van der Waals surface area contributed by atoms with Crippen molar-refractivity contribution in [2.75, 3.05) is 13.6 Å². The Balaban J connectivity index is 1.80. The van der Waals surface area contributed by atoms with Crippen LogP contribution in [0, 0.1) is 5.41 Å². The molecular weight excluding hydrogens is 428 g/mol. The number of thiocarbonyl (C=S) groups is 1. The van der Waals surface area contributed by atoms with Crippen molar-refractivity contribution in [1.82, 2.24) is 5.32 Å². The number of nitrogens with zero attached hydrogens (tertiary/aromatic N) is 2. The summed E-state index contributed by atoms with van der Waals surface area (Å²) in [5.41, 5.74) is 6.76. The molecule has 3 aliphatic rings. The van der Waals surface area contributed by atoms with Gasteiger partial charge in [0.05, 0.1) is 23.1 Å². The first-order chi connectivity index (χ1) is 14.9. The third kappa shape index (κ3) is 4.94. The maximum absolute atomic E-state index is 12.6. The molecule has 3 unspecified atom stereocenters. The molecule has 8 nitrogen and oxygen atoms in total. The highest BCUT2D eigenvalue weighted by Gasteiger charge is 2.51. The number of amides is 1. The Hall–Kier alpha value is -2.52. The van der Waals surface area contributed by atoms with Crippen LogP contribution in [-0.2, 0) is 14.3 Å². The summed E-state index contributed by atoms with van der Waals surface area (Å²) in [4.78, 5) is 29.4. The van der Waals surface area contributed by atoms with E-state index < -0.39 is 29.2 Å². The van der Waals surface area contributed by atoms with Crippen LogP contribution in [0.5, 0.6) is 0 Å². The molecule has 9 heteroatoms. The molecule has 2 aliphatic heterocycles. The lowest BCUT2D eigenvalue weighted by atomic mass is 9.66. The minimum absolute atomic E-state index is 0.291. The number of allylic oxidation sites excluding steroid dienone is 2. The highest BCUT2D eigenvalue weighted by atomic mass is 32.1. The third-order valence-corrected chi connectivity index (χ3v) is 6.26. The van der Waals surface area contributed by atoms with Crippen molar-refractivity contribution in [1.29, 1.82) is 0 Å². The molecule has 0 aromatic rings. The van der Waals surface area contributed by atoms with Crippen molar-refractivity contribution in [3.63, 3.8) is 0 Å². The summed E-state index contributed by atoms with van der Waals surface area (Å²) in [5.74, 6) is 0.360. The molecule has 0 bridgehead atoms. The number of carbonyl (C=O) groups excluding carboxylic acids is 2. The van der Waals surface area contributed by atoms with Crippen LogP contribution < -0.4 is 11.1 Å². The smallest absolute Gasteiger partial charge is 0.408 e. The van der Waals surface area contributed by atoms with Crippen LogP contribution in [0.3, 0.4) is 0 Å². The largest absolute Gasteiger partial charge is 0.460 e. The Labute approximate surface area is 194 Å². The van der Waals surface area contributed by atoms with E-state index in [0.29, 0.717) is 22.3 Å². The second-order valence-electron chi connectivity index (χ2n) is 9.72. The van der Waals surface area contributed by atoms with Gasteiger partial charge in [0.2, 0.25) is 5.84 Å². The average molecular weight is 462 g/mol. The lowest BCUT2D eigenvalue weighted by Crippen LogP contribution is -2.53. The van der Waals surface area contributed by atoms with Gasteiger partial charge >= 0.3 is 12.1 Å². The predicted octanol–water partition coefficient (Wildman–Crippen LogP) is 3.44. The molecule has 0 aromatic heterocycles. The van der Waals surface area contributed by atoms with E-state index in [4.69, 9.17) is 27.4 Å². The monoisotopic (exact) mass is 461 g/mol. The Bertz CT molecular complexity index is 946. The minimum Gasteiger partial charge on any atom is -0.460 e. The van der Waals surface area contributed by atoms with Gasteiger partial charge in [0, 0.05) is 11.6 Å². The number of amidine groups is 1. The van der Waals surface area contributed by atoms with Gasteiger partial charge in [0.15, 0.2) is 0 Å². The molecule has 3 rings (SSSR count). The molecule has 1 fully saturated rings. The molecule has 174 valence electrons. The summed E-state index contributed by atoms with van der Waals surface area (Å²) in [6.45, 7) is 6.93. The molecule has 0 spiro atoms. The van der Waals surface area contributed by atoms with Gasteiger partial charge in [-0.15, -0.1) is 0 Å². The Morgan fingerprint density at radius 1 is 1.31 bits per heavy atom. The number of carbonyl (C=O) groups is 2. The average Bonchev–Trinajstić information content (AvgIpc) is 2.98. The molecule has 3 N–H and O–H groups in total. The van der Waals surface area contributed by atoms with Gasteiger partial charge in [-0.2, -0.15) is 4.99 Å². The number of aliphatic imine (C=N–C) groups is 1. The van der Waals surface area contributed by atoms with E-state index in [-0.39, 0.29) is 6.54 Å². The SMILES string of the molecule is CC1=C[N+]2(C)C=C(C3(C(N)=S)CCCCC3OC(=O)CNC(=O)OC(C)(C)C)C=CC2=N1. The number of fused-ring (bicyclic) bond motifs is 1. The molecule has 0 aromatic carbocycles. The van der Waals surface area contributed by atoms with Crippen LogP contribution in [0.15, 0.2) is 40.8 Å². The number of hydrogen-bond donors (Lipinski definition) is 2. The molecule has 1 aliphatic carbocycles. The van der Waals surface area contributed by atoms with E-state index in [1.54, 1.807) is 20.8 Å². The normalized spacial score (nSPS) is 29.3. The number of nitrogens with two attached hydrogens (primary N) is 1. The zero-order valence-corrected chi connectivity index (χ0v) is 20.3. The highest BCUT2D eigenvalue weighted by Crippen LogP contribution is 2.47. The maximum atomic E-state index is 12.6. The van der Waals surface area contributed by atoms with Gasteiger partial charge in [0.25, 0.3) is 0 Å². The maximum Gasteiger partial charge on any atom is 0.408 e. The van der Waals surface area contributed by atoms with Crippen LogP contribution in [0.1, 0.15) is 53.4 Å². The topological polar surface area (TPSA) is 103 Å². The molecule has 2 heterocycles. The van der Waals surface area contributed by atoms with Crippen LogP contribution in [0.4, 0.5) is 4.79 Å². The number of nitrogens with one attached hydrogen (secondary N) is 1. The van der Waals surface area contributed by atoms with E-state index in [9.17, 15) is 9.59 Å². The van der Waals surface area contributed by atoms with E-state index in [2.05, 4.69) is 22.7 Å². The predicted molar refractivity (Wildman–Crippen MR) is 126 cm³/mol. The lowest BCUT2D eigenvalue weighted by Gasteiger charge is -2.44. The Morgan fingerprint density at radius 3 is 2.69 bits per heavy atom. The zero-order chi connectivity index (χ0) is 23.7. The van der Waals surface area contributed by atoms with Crippen LogP contribution in [-0.4, -0.2) is 52.7 Å². The molecule has 32 heavy (non-hydrogen) atoms. The number of ether oxygens (including phenoxy) is 2. The lowest BCUT2D eigenvalue weighted by molar-refractivity contribution is -0.704. The first-order valence-corrected chi connectivity index (χ1v) is 11.3. The summed E-state index contributed by atoms with van der Waals surface area (Å²) in [5, 5.41) is 2.45. The third-order valence-electron chi connectivity index (χ3n) is 5.90. The molecule has 1 saturated carbocycles. The summed E-state index contributed by atoms with van der Waals surface area (Å²) in [7, 11) is 2.04. The highest BCUT2D eigenvalue weighted by molar-refractivity contribution is 7.80. The fraction of sp³-hybridized carbons (Fsp3) is 0.565. The van der Waals surface area contributed by atoms with E-state index >= 15 is 0 Å². The van der Waals surface area contributed by atoms with Gasteiger partial charge in [-0.3, -0.25) is 4.79 Å². The number of rotatable bonds is 5. The molecule has 0 saturated heterocycles. The van der Waals surface area contributed by atoms with Gasteiger partial charge in [-0.1, -0.05) is 18.6 Å². The Kier molecular flexibility index (Phi) is 6.62. The summed E-state index contributed by atoms with van der Waals surface area (Å²) < 4.78 is 11.5. The van der Waals surface area contributed by atoms with Crippen LogP contribution in [0.2, 0.25) is 0 Å². The summed E-state index contributed by atoms with van der Waals surface area (Å²) >= 11 is 5.55. The van der Waals surface area contributed by atoms with Gasteiger partial charge < -0.3 is 20.5 Å². The Morgan fingerprint density at radius 2 is 2.03 bits per heavy atom. The number of hydrogen-bond acceptors (Lipinski definition) is 6. The van der Waals surface area contributed by atoms with Crippen molar-refractivity contribution in [3.8, 4) is 0 Å². The zero-order valence-electron chi connectivity index (χ0n) is 19.4. The van der Waals surface area contributed by atoms with Gasteiger partial charge in [0.1, 0.15) is 30.6 Å². The summed E-state index contributed by atoms with van der Waals surface area (Å²) in [6, 6.07) is 0. The molecule has 3 atom stereocenters. The molecule has 1 amide bonds. The summed E-state index contributed by atoms with van der Waals surface area (Å²) in [6.07, 6.45) is 10.1. The molecule has 0 radical (unpaired) electrons. The van der Waals surface area contributed by atoms with Crippen molar-refractivity contribution in [3.05, 3.63) is 35.8 Å². The van der Waals surface area contributed by atoms with Gasteiger partial charge in [-0.25, -0.2) is 9.28 Å². The number of alkyl carbamates (subject to hydrolysis) is 1. The van der Waals surface area contributed by atoms with Crippen LogP contribution in [0.25, 0.3) is 0 Å². The second kappa shape index (κ2) is 8.78. The fourth-order valence-corrected chi connectivity index (χ4v) is 4.90. The van der Waals surface area contributed by atoms with Gasteiger partial charge in [-0.05, 0) is 53.0 Å². The van der Waals surface area contributed by atoms with Crippen molar-refractivity contribution in [2.24, 2.45) is 16.1 Å². The van der Waals surface area contributed by atoms with E-state index in [1.165, 1.54) is 0 Å².